The minimum absolute atomic E-state index is 0.188. The second kappa shape index (κ2) is 10.8. The van der Waals surface area contributed by atoms with Crippen LogP contribution < -0.4 is 31.2 Å². The number of carbonyl (C=O) groups excluding carboxylic acids is 3. The van der Waals surface area contributed by atoms with E-state index in [0.29, 0.717) is 17.3 Å². The van der Waals surface area contributed by atoms with Gasteiger partial charge in [0.05, 0.1) is 25.6 Å². The molecule has 0 radical (unpaired) electrons. The van der Waals surface area contributed by atoms with Crippen molar-refractivity contribution in [2.45, 2.75) is 32.4 Å². The second-order valence-corrected chi connectivity index (χ2v) is 9.79. The summed E-state index contributed by atoms with van der Waals surface area (Å²) in [6, 6.07) is 8.74. The van der Waals surface area contributed by atoms with Crippen molar-refractivity contribution < 1.29 is 28.2 Å². The highest BCUT2D eigenvalue weighted by Crippen LogP contribution is 2.39. The molecule has 5 N–H and O–H groups in total. The number of nitrogens with two attached hydrogens (primary N) is 2. The molecule has 0 aliphatic carbocycles. The van der Waals surface area contributed by atoms with Crippen molar-refractivity contribution in [2.75, 3.05) is 24.9 Å². The number of carbonyl (C=O) groups is 3. The van der Waals surface area contributed by atoms with E-state index in [0.717, 1.165) is 11.0 Å². The highest BCUT2D eigenvalue weighted by atomic mass is 32.1. The van der Waals surface area contributed by atoms with Crippen molar-refractivity contribution in [2.24, 2.45) is 5.73 Å². The predicted octanol–water partition coefficient (Wildman–Crippen LogP) is 3.28. The van der Waals surface area contributed by atoms with Crippen LogP contribution in [-0.2, 0) is 4.79 Å². The van der Waals surface area contributed by atoms with Gasteiger partial charge in [0, 0.05) is 11.1 Å². The zero-order valence-electron chi connectivity index (χ0n) is 21.0. The number of anilines is 2. The predicted molar refractivity (Wildman–Crippen MR) is 138 cm³/mol. The summed E-state index contributed by atoms with van der Waals surface area (Å²) in [5.41, 5.74) is 10.1. The number of nitrogens with zero attached hydrogens (tertiary/aromatic N) is 2. The molecule has 0 fully saturated rings. The molecule has 3 amide bonds. The Balaban J connectivity index is 2.35. The van der Waals surface area contributed by atoms with E-state index < -0.39 is 35.1 Å². The molecule has 1 aromatic heterocycles. The molecule has 1 atom stereocenters. The molecule has 0 saturated carbocycles. The zero-order chi connectivity index (χ0) is 27.5. The van der Waals surface area contributed by atoms with Gasteiger partial charge in [-0.3, -0.25) is 19.3 Å². The number of amides is 3. The van der Waals surface area contributed by atoms with E-state index in [-0.39, 0.29) is 33.3 Å². The number of benzene rings is 2. The lowest BCUT2D eigenvalue weighted by Crippen LogP contribution is -2.49. The van der Waals surface area contributed by atoms with Crippen LogP contribution in [0.2, 0.25) is 0 Å². The molecular weight excluding hydrogens is 501 g/mol. The molecule has 1 heterocycles. The first-order valence-electron chi connectivity index (χ1n) is 11.1. The van der Waals surface area contributed by atoms with Crippen LogP contribution in [0.1, 0.15) is 52.5 Å². The molecule has 12 heteroatoms. The molecule has 0 bridgehead atoms. The molecule has 0 aliphatic heterocycles. The highest BCUT2D eigenvalue weighted by Gasteiger charge is 2.39. The van der Waals surface area contributed by atoms with Gasteiger partial charge in [0.15, 0.2) is 5.69 Å². The van der Waals surface area contributed by atoms with Crippen molar-refractivity contribution in [1.82, 2.24) is 9.69 Å². The Hall–Kier alpha value is -4.19. The van der Waals surface area contributed by atoms with E-state index in [9.17, 15) is 14.4 Å². The molecule has 0 aliphatic rings. The number of hydrogen-bond acceptors (Lipinski definition) is 8. The number of rotatable bonds is 8. The summed E-state index contributed by atoms with van der Waals surface area (Å²) < 4.78 is 30.0. The maximum atomic E-state index is 15.3. The molecule has 37 heavy (non-hydrogen) atoms. The van der Waals surface area contributed by atoms with Gasteiger partial charge in [0.25, 0.3) is 11.8 Å². The number of nitrogen functional groups attached to an aromatic ring is 1. The Morgan fingerprint density at radius 2 is 1.78 bits per heavy atom. The van der Waals surface area contributed by atoms with Crippen molar-refractivity contribution in [3.8, 4) is 11.5 Å². The molecule has 196 valence electrons. The van der Waals surface area contributed by atoms with Gasteiger partial charge < -0.3 is 26.3 Å². The third kappa shape index (κ3) is 5.80. The summed E-state index contributed by atoms with van der Waals surface area (Å²) in [6.07, 6.45) is 0. The summed E-state index contributed by atoms with van der Waals surface area (Å²) in [5, 5.41) is 2.85. The van der Waals surface area contributed by atoms with E-state index in [1.807, 2.05) is 0 Å². The number of para-hydroxylation sites is 1. The fourth-order valence-corrected chi connectivity index (χ4v) is 4.38. The first-order valence-corrected chi connectivity index (χ1v) is 11.8. The number of aromatic nitrogens is 1. The van der Waals surface area contributed by atoms with E-state index in [2.05, 4.69) is 9.69 Å². The number of primary amides is 1. The standard InChI is InChI=1S/C25H28FN5O5S/c1-25(2,3)29-23(33)20(14-12-13(35-4)10-11-17(14)36-5)31(16-9-7-6-8-15(16)26)24(34)21-18(27)19(22(28)32)30-37-21/h6-12,20H,27H2,1-5H3,(H2,28,32)(H,29,33). The van der Waals surface area contributed by atoms with Crippen LogP contribution in [0.25, 0.3) is 0 Å². The van der Waals surface area contributed by atoms with Gasteiger partial charge in [-0.05, 0) is 62.6 Å². The quantitative estimate of drug-likeness (QED) is 0.405. The summed E-state index contributed by atoms with van der Waals surface area (Å²) in [4.78, 5) is 40.4. The van der Waals surface area contributed by atoms with Crippen LogP contribution in [0.5, 0.6) is 11.5 Å². The maximum Gasteiger partial charge on any atom is 0.273 e. The van der Waals surface area contributed by atoms with E-state index in [1.165, 1.54) is 38.5 Å². The molecule has 10 nitrogen and oxygen atoms in total. The van der Waals surface area contributed by atoms with Gasteiger partial charge in [0.2, 0.25) is 5.91 Å². The Labute approximate surface area is 217 Å². The maximum absolute atomic E-state index is 15.3. The van der Waals surface area contributed by atoms with E-state index in [4.69, 9.17) is 20.9 Å². The van der Waals surface area contributed by atoms with Crippen molar-refractivity contribution in [3.63, 3.8) is 0 Å². The van der Waals surface area contributed by atoms with Gasteiger partial charge in [-0.15, -0.1) is 0 Å². The molecular formula is C25H28FN5O5S. The summed E-state index contributed by atoms with van der Waals surface area (Å²) in [5.74, 6) is -2.58. The Kier molecular flexibility index (Phi) is 8.02. The van der Waals surface area contributed by atoms with Crippen LogP contribution in [0.3, 0.4) is 0 Å². The first-order chi connectivity index (χ1) is 17.4. The summed E-state index contributed by atoms with van der Waals surface area (Å²) >= 11 is 0.619. The molecule has 1 unspecified atom stereocenters. The number of halogens is 1. The van der Waals surface area contributed by atoms with Crippen LogP contribution in [0.15, 0.2) is 42.5 Å². The second-order valence-electron chi connectivity index (χ2n) is 9.01. The van der Waals surface area contributed by atoms with Crippen LogP contribution in [0, 0.1) is 5.82 Å². The normalized spacial score (nSPS) is 11.9. The fraction of sp³-hybridized carbons (Fsp3) is 0.280. The summed E-state index contributed by atoms with van der Waals surface area (Å²) in [7, 11) is 2.85. The number of ether oxygens (including phenoxy) is 2. The smallest absolute Gasteiger partial charge is 0.273 e. The monoisotopic (exact) mass is 529 g/mol. The number of nitrogens with one attached hydrogen (secondary N) is 1. The number of methoxy groups -OCH3 is 2. The van der Waals surface area contributed by atoms with E-state index in [1.54, 1.807) is 32.9 Å². The van der Waals surface area contributed by atoms with Crippen molar-refractivity contribution in [1.29, 1.82) is 0 Å². The molecule has 3 aromatic rings. The third-order valence-corrected chi connectivity index (χ3v) is 6.07. The lowest BCUT2D eigenvalue weighted by molar-refractivity contribution is -0.123. The zero-order valence-corrected chi connectivity index (χ0v) is 21.8. The molecule has 0 saturated heterocycles. The van der Waals surface area contributed by atoms with Crippen molar-refractivity contribution in [3.05, 3.63) is 64.4 Å². The average molecular weight is 530 g/mol. The largest absolute Gasteiger partial charge is 0.497 e. The van der Waals surface area contributed by atoms with Crippen LogP contribution in [0.4, 0.5) is 15.8 Å². The molecule has 3 rings (SSSR count). The van der Waals surface area contributed by atoms with Crippen LogP contribution in [-0.4, -0.2) is 41.9 Å². The molecule has 2 aromatic carbocycles. The SMILES string of the molecule is COc1ccc(OC)c(C(C(=O)NC(C)(C)C)N(C(=O)c2snc(C(N)=O)c2N)c2ccccc2F)c1. The average Bonchev–Trinajstić information content (AvgIpc) is 3.22. The lowest BCUT2D eigenvalue weighted by atomic mass is 9.99. The highest BCUT2D eigenvalue weighted by molar-refractivity contribution is 7.09. The molecule has 0 spiro atoms. The van der Waals surface area contributed by atoms with Gasteiger partial charge in [-0.25, -0.2) is 4.39 Å². The van der Waals surface area contributed by atoms with Gasteiger partial charge >= 0.3 is 0 Å². The fourth-order valence-electron chi connectivity index (χ4n) is 3.64. The van der Waals surface area contributed by atoms with Crippen LogP contribution >= 0.6 is 11.5 Å². The van der Waals surface area contributed by atoms with Gasteiger partial charge in [-0.2, -0.15) is 4.37 Å². The van der Waals surface area contributed by atoms with Gasteiger partial charge in [-0.1, -0.05) is 12.1 Å². The minimum Gasteiger partial charge on any atom is -0.497 e. The minimum atomic E-state index is -1.45. The van der Waals surface area contributed by atoms with E-state index >= 15 is 4.39 Å². The topological polar surface area (TPSA) is 150 Å². The lowest BCUT2D eigenvalue weighted by Gasteiger charge is -2.34. The third-order valence-electron chi connectivity index (χ3n) is 5.22. The summed E-state index contributed by atoms with van der Waals surface area (Å²) in [6.45, 7) is 5.29. The van der Waals surface area contributed by atoms with Crippen molar-refractivity contribution >= 4 is 40.6 Å². The first kappa shape index (κ1) is 27.4. The van der Waals surface area contributed by atoms with Gasteiger partial charge in [0.1, 0.15) is 28.2 Å². The Bertz CT molecular complexity index is 1340. The Morgan fingerprint density at radius 1 is 1.11 bits per heavy atom. The Morgan fingerprint density at radius 3 is 2.32 bits per heavy atom. The number of hydrogen-bond donors (Lipinski definition) is 3.